The quantitative estimate of drug-likeness (QED) is 0.563. The van der Waals surface area contributed by atoms with Gasteiger partial charge in [-0.15, -0.1) is 0 Å². The molecule has 1 saturated heterocycles. The summed E-state index contributed by atoms with van der Waals surface area (Å²) in [6, 6.07) is 0. The Kier molecular flexibility index (Phi) is 2.02. The monoisotopic (exact) mass is 178 g/mol. The van der Waals surface area contributed by atoms with Crippen LogP contribution in [0.4, 0.5) is 0 Å². The fourth-order valence-corrected chi connectivity index (χ4v) is 1.12. The van der Waals surface area contributed by atoms with Gasteiger partial charge < -0.3 is 4.74 Å². The zero-order valence-corrected chi connectivity index (χ0v) is 5.98. The molecule has 0 aliphatic carbocycles. The summed E-state index contributed by atoms with van der Waals surface area (Å²) in [5.41, 5.74) is 0. The van der Waals surface area contributed by atoms with Crippen LogP contribution in [0.3, 0.4) is 0 Å². The van der Waals surface area contributed by atoms with Crippen LogP contribution in [0.2, 0.25) is 0 Å². The molecule has 0 unspecified atom stereocenters. The van der Waals surface area contributed by atoms with Gasteiger partial charge in [-0.05, 0) is 28.8 Å². The van der Waals surface area contributed by atoms with Crippen LogP contribution in [-0.2, 0) is 9.53 Å². The van der Waals surface area contributed by atoms with Crippen molar-refractivity contribution >= 4 is 20.6 Å². The van der Waals surface area contributed by atoms with E-state index in [9.17, 15) is 4.79 Å². The minimum Gasteiger partial charge on any atom is -0.369 e. The van der Waals surface area contributed by atoms with E-state index in [1.807, 2.05) is 0 Å². The van der Waals surface area contributed by atoms with Crippen LogP contribution in [0.5, 0.6) is 0 Å². The molecule has 0 N–H and O–H groups in total. The predicted octanol–water partition coefficient (Wildman–Crippen LogP) is 1.09. The minimum absolute atomic E-state index is 0.0185. The molecule has 1 aliphatic rings. The molecule has 0 aromatic heterocycles. The summed E-state index contributed by atoms with van der Waals surface area (Å²) in [5.74, 6) is 0. The molecule has 0 spiro atoms. The Morgan fingerprint density at radius 3 is 2.75 bits per heavy atom. The molecule has 3 heteroatoms. The summed E-state index contributed by atoms with van der Waals surface area (Å²) in [7, 11) is 0. The Balaban J connectivity index is 2.35. The summed E-state index contributed by atoms with van der Waals surface area (Å²) in [6.45, 7) is 0.738. The topological polar surface area (TPSA) is 26.3 Å². The fraction of sp³-hybridized carbons (Fsp3) is 0.800. The molecule has 2 nitrogen and oxygen atoms in total. The summed E-state index contributed by atoms with van der Waals surface area (Å²) in [6.07, 6.45) is 1.74. The standard InChI is InChI=1S/C5H7BrO2/c6-5(7)4-2-1-3-8-4/h4H,1-3H2/t4-/m0/s1. The lowest BCUT2D eigenvalue weighted by Gasteiger charge is -1.98. The van der Waals surface area contributed by atoms with Gasteiger partial charge in [0.05, 0.1) is 0 Å². The SMILES string of the molecule is O=C(Br)[C@@H]1CCCO1. The lowest BCUT2D eigenvalue weighted by molar-refractivity contribution is -0.118. The van der Waals surface area contributed by atoms with E-state index in [0.29, 0.717) is 0 Å². The van der Waals surface area contributed by atoms with Crippen molar-refractivity contribution in [2.75, 3.05) is 6.61 Å². The van der Waals surface area contributed by atoms with E-state index in [-0.39, 0.29) is 10.8 Å². The first-order chi connectivity index (χ1) is 3.80. The summed E-state index contributed by atoms with van der Waals surface area (Å²) >= 11 is 2.84. The van der Waals surface area contributed by atoms with Crippen molar-refractivity contribution < 1.29 is 9.53 Å². The Morgan fingerprint density at radius 2 is 2.50 bits per heavy atom. The van der Waals surface area contributed by atoms with Gasteiger partial charge in [0.15, 0.2) is 0 Å². The molecule has 1 aliphatic heterocycles. The van der Waals surface area contributed by atoms with Crippen LogP contribution in [0.25, 0.3) is 0 Å². The second-order valence-corrected chi connectivity index (χ2v) is 2.59. The smallest absolute Gasteiger partial charge is 0.226 e. The molecular formula is C5H7BrO2. The van der Waals surface area contributed by atoms with Gasteiger partial charge in [-0.2, -0.15) is 0 Å². The molecule has 0 saturated carbocycles. The minimum atomic E-state index is -0.157. The van der Waals surface area contributed by atoms with Crippen LogP contribution in [0.15, 0.2) is 0 Å². The zero-order valence-electron chi connectivity index (χ0n) is 4.39. The van der Waals surface area contributed by atoms with E-state index in [2.05, 4.69) is 15.9 Å². The van der Waals surface area contributed by atoms with Crippen LogP contribution < -0.4 is 0 Å². The highest BCUT2D eigenvalue weighted by atomic mass is 79.9. The highest BCUT2D eigenvalue weighted by Gasteiger charge is 2.20. The normalized spacial score (nSPS) is 28.4. The Morgan fingerprint density at radius 1 is 1.75 bits per heavy atom. The molecule has 0 radical (unpaired) electrons. The average Bonchev–Trinajstić information content (AvgIpc) is 2.12. The van der Waals surface area contributed by atoms with Crippen LogP contribution in [0, 0.1) is 0 Å². The molecule has 0 bridgehead atoms. The maximum Gasteiger partial charge on any atom is 0.226 e. The van der Waals surface area contributed by atoms with E-state index >= 15 is 0 Å². The van der Waals surface area contributed by atoms with Gasteiger partial charge in [0, 0.05) is 6.61 Å². The van der Waals surface area contributed by atoms with Gasteiger partial charge in [-0.1, -0.05) is 0 Å². The molecular weight excluding hydrogens is 172 g/mol. The second kappa shape index (κ2) is 2.60. The van der Waals surface area contributed by atoms with Crippen molar-refractivity contribution in [2.45, 2.75) is 18.9 Å². The van der Waals surface area contributed by atoms with Gasteiger partial charge in [-0.25, -0.2) is 0 Å². The lowest BCUT2D eigenvalue weighted by atomic mass is 10.3. The summed E-state index contributed by atoms with van der Waals surface area (Å²) < 4.78 is 5.00. The van der Waals surface area contributed by atoms with E-state index in [1.165, 1.54) is 0 Å². The third-order valence-electron chi connectivity index (χ3n) is 1.18. The predicted molar refractivity (Wildman–Crippen MR) is 32.9 cm³/mol. The second-order valence-electron chi connectivity index (χ2n) is 1.81. The number of carbonyl (C=O) groups is 1. The maximum absolute atomic E-state index is 10.4. The van der Waals surface area contributed by atoms with Crippen LogP contribution in [0.1, 0.15) is 12.8 Å². The molecule has 0 amide bonds. The van der Waals surface area contributed by atoms with Crippen molar-refractivity contribution in [1.29, 1.82) is 0 Å². The van der Waals surface area contributed by atoms with Crippen molar-refractivity contribution in [3.05, 3.63) is 0 Å². The molecule has 1 rings (SSSR count). The Bertz CT molecular complexity index is 96.6. The molecule has 46 valence electrons. The largest absolute Gasteiger partial charge is 0.369 e. The molecule has 1 atom stereocenters. The van der Waals surface area contributed by atoms with Gasteiger partial charge >= 0.3 is 0 Å². The third-order valence-corrected chi connectivity index (χ3v) is 1.69. The van der Waals surface area contributed by atoms with Crippen molar-refractivity contribution in [3.63, 3.8) is 0 Å². The van der Waals surface area contributed by atoms with Gasteiger partial charge in [0.1, 0.15) is 6.10 Å². The summed E-state index contributed by atoms with van der Waals surface area (Å²) in [5, 5.41) is 0. The molecule has 0 aromatic carbocycles. The van der Waals surface area contributed by atoms with E-state index in [4.69, 9.17) is 4.74 Å². The van der Waals surface area contributed by atoms with Crippen molar-refractivity contribution in [3.8, 4) is 0 Å². The number of ether oxygens (including phenoxy) is 1. The van der Waals surface area contributed by atoms with Gasteiger partial charge in [0.2, 0.25) is 4.69 Å². The lowest BCUT2D eigenvalue weighted by Crippen LogP contribution is -2.11. The highest BCUT2D eigenvalue weighted by molar-refractivity contribution is 9.18. The maximum atomic E-state index is 10.4. The first-order valence-electron chi connectivity index (χ1n) is 2.61. The van der Waals surface area contributed by atoms with Gasteiger partial charge in [-0.3, -0.25) is 4.79 Å². The van der Waals surface area contributed by atoms with Crippen LogP contribution >= 0.6 is 15.9 Å². The number of hydrogen-bond donors (Lipinski definition) is 0. The van der Waals surface area contributed by atoms with E-state index < -0.39 is 0 Å². The Hall–Kier alpha value is 0.110. The number of halogens is 1. The molecule has 1 fully saturated rings. The van der Waals surface area contributed by atoms with Crippen molar-refractivity contribution in [1.82, 2.24) is 0 Å². The van der Waals surface area contributed by atoms with E-state index in [0.717, 1.165) is 19.4 Å². The molecule has 1 heterocycles. The highest BCUT2D eigenvalue weighted by Crippen LogP contribution is 2.14. The first-order valence-corrected chi connectivity index (χ1v) is 3.41. The van der Waals surface area contributed by atoms with Crippen molar-refractivity contribution in [2.24, 2.45) is 0 Å². The Labute approximate surface area is 56.3 Å². The average molecular weight is 179 g/mol. The molecule has 8 heavy (non-hydrogen) atoms. The number of carbonyl (C=O) groups excluding carboxylic acids is 1. The fourth-order valence-electron chi connectivity index (χ4n) is 0.757. The van der Waals surface area contributed by atoms with Crippen LogP contribution in [-0.4, -0.2) is 17.4 Å². The zero-order chi connectivity index (χ0) is 5.98. The summed E-state index contributed by atoms with van der Waals surface area (Å²) in [4.78, 5) is 10.4. The third kappa shape index (κ3) is 1.29. The number of rotatable bonds is 1. The van der Waals surface area contributed by atoms with Gasteiger partial charge in [0.25, 0.3) is 0 Å². The first kappa shape index (κ1) is 6.23. The number of hydrogen-bond acceptors (Lipinski definition) is 2. The van der Waals surface area contributed by atoms with E-state index in [1.54, 1.807) is 0 Å². The molecule has 0 aromatic rings.